The number of hydrogen-bond acceptors (Lipinski definition) is 5. The Kier molecular flexibility index (Phi) is 5.11. The van der Waals surface area contributed by atoms with Gasteiger partial charge in [0.05, 0.1) is 11.9 Å². The van der Waals surface area contributed by atoms with E-state index in [1.165, 1.54) is 0 Å². The fourth-order valence-corrected chi connectivity index (χ4v) is 4.59. The maximum Gasteiger partial charge on any atom is 0.161 e. The monoisotopic (exact) mass is 422 g/mol. The molecule has 0 amide bonds. The normalized spacial score (nSPS) is 20.2. The van der Waals surface area contributed by atoms with Crippen molar-refractivity contribution in [2.24, 2.45) is 0 Å². The minimum Gasteiger partial charge on any atom is -0.507 e. The zero-order valence-corrected chi connectivity index (χ0v) is 17.4. The Labute approximate surface area is 186 Å². The lowest BCUT2D eigenvalue weighted by Gasteiger charge is -2.41. The van der Waals surface area contributed by atoms with Crippen LogP contribution in [0.5, 0.6) is 0 Å². The minimum absolute atomic E-state index is 0.0109. The average molecular weight is 422 g/mol. The quantitative estimate of drug-likeness (QED) is 0.578. The van der Waals surface area contributed by atoms with E-state index in [1.54, 1.807) is 47.9 Å². The second kappa shape index (κ2) is 8.23. The van der Waals surface area contributed by atoms with Gasteiger partial charge in [-0.3, -0.25) is 25.1 Å². The number of benzene rings is 1. The van der Waals surface area contributed by atoms with Gasteiger partial charge in [-0.1, -0.05) is 36.4 Å². The lowest BCUT2D eigenvalue weighted by Crippen LogP contribution is -2.42. The van der Waals surface area contributed by atoms with Gasteiger partial charge in [-0.25, -0.2) is 0 Å². The molecule has 1 aliphatic carbocycles. The number of carbonyl (C=O) groups excluding carboxylic acids is 1. The van der Waals surface area contributed by atoms with Crippen molar-refractivity contribution in [1.82, 2.24) is 9.97 Å². The largest absolute Gasteiger partial charge is 0.507 e. The third-order valence-corrected chi connectivity index (χ3v) is 5.98. The van der Waals surface area contributed by atoms with E-state index in [4.69, 9.17) is 0 Å². The van der Waals surface area contributed by atoms with E-state index < -0.39 is 5.92 Å². The van der Waals surface area contributed by atoms with Gasteiger partial charge in [0.2, 0.25) is 0 Å². The second-order valence-electron chi connectivity index (χ2n) is 7.88. The predicted octanol–water partition coefficient (Wildman–Crippen LogP) is 5.03. The molecular weight excluding hydrogens is 400 g/mol. The van der Waals surface area contributed by atoms with Gasteiger partial charge in [0.1, 0.15) is 11.6 Å². The summed E-state index contributed by atoms with van der Waals surface area (Å²) in [7, 11) is 0. The van der Waals surface area contributed by atoms with E-state index in [-0.39, 0.29) is 17.4 Å². The zero-order chi connectivity index (χ0) is 22.1. The number of aliphatic hydroxyl groups is 1. The van der Waals surface area contributed by atoms with E-state index in [9.17, 15) is 15.3 Å². The number of anilines is 1. The Morgan fingerprint density at radius 1 is 0.969 bits per heavy atom. The van der Waals surface area contributed by atoms with E-state index in [1.807, 2.05) is 36.4 Å². The molecule has 0 saturated carbocycles. The predicted molar refractivity (Wildman–Crippen MR) is 123 cm³/mol. The highest BCUT2D eigenvalue weighted by Crippen LogP contribution is 2.47. The van der Waals surface area contributed by atoms with Crippen LogP contribution < -0.4 is 4.90 Å². The van der Waals surface area contributed by atoms with Crippen molar-refractivity contribution in [3.05, 3.63) is 107 Å². The molecule has 6 heteroatoms. The molecular formula is C26H22N4O2. The molecule has 0 unspecified atom stereocenters. The molecule has 0 bridgehead atoms. The highest BCUT2D eigenvalue weighted by Gasteiger charge is 2.43. The number of nitrogens with zero attached hydrogens (tertiary/aromatic N) is 3. The number of Topliss-reactive ketones (excluding diaryl/α,β-unsaturated/α-hetero) is 1. The average Bonchev–Trinajstić information content (AvgIpc) is 2.85. The first-order valence-electron chi connectivity index (χ1n) is 10.6. The maximum absolute atomic E-state index is 13.3. The second-order valence-corrected chi connectivity index (χ2v) is 7.88. The van der Waals surface area contributed by atoms with Crippen molar-refractivity contribution < 1.29 is 9.90 Å². The van der Waals surface area contributed by atoms with Crippen LogP contribution in [0, 0.1) is 5.41 Å². The van der Waals surface area contributed by atoms with Crippen LogP contribution in [-0.2, 0) is 4.79 Å². The number of nitrogens with one attached hydrogen (secondary N) is 1. The SMILES string of the molecule is N=C1C(=C(O)c2ccccc2)[C@@H](c2cccnc2)C2=C(CCCC2=O)N1c1cccnc1. The van der Waals surface area contributed by atoms with Gasteiger partial charge in [-0.15, -0.1) is 0 Å². The van der Waals surface area contributed by atoms with Crippen LogP contribution in [0.4, 0.5) is 5.69 Å². The zero-order valence-electron chi connectivity index (χ0n) is 17.4. The molecule has 2 N–H and O–H groups in total. The van der Waals surface area contributed by atoms with Crippen LogP contribution in [0.2, 0.25) is 0 Å². The van der Waals surface area contributed by atoms with Crippen LogP contribution in [0.1, 0.15) is 36.3 Å². The molecule has 158 valence electrons. The van der Waals surface area contributed by atoms with E-state index in [0.717, 1.165) is 17.7 Å². The molecule has 1 aromatic carbocycles. The van der Waals surface area contributed by atoms with E-state index in [0.29, 0.717) is 35.2 Å². The van der Waals surface area contributed by atoms with Crippen molar-refractivity contribution in [3.8, 4) is 0 Å². The number of hydrogen-bond donors (Lipinski definition) is 2. The van der Waals surface area contributed by atoms with Crippen LogP contribution >= 0.6 is 0 Å². The summed E-state index contributed by atoms with van der Waals surface area (Å²) in [6.07, 6.45) is 8.60. The van der Waals surface area contributed by atoms with Crippen molar-refractivity contribution in [2.75, 3.05) is 4.90 Å². The summed E-state index contributed by atoms with van der Waals surface area (Å²) in [6, 6.07) is 16.5. The van der Waals surface area contributed by atoms with E-state index >= 15 is 0 Å². The third-order valence-electron chi connectivity index (χ3n) is 5.98. The molecule has 3 heterocycles. The first-order valence-corrected chi connectivity index (χ1v) is 10.6. The van der Waals surface area contributed by atoms with Gasteiger partial charge in [0.15, 0.2) is 5.78 Å². The molecule has 0 fully saturated rings. The van der Waals surface area contributed by atoms with Crippen molar-refractivity contribution in [2.45, 2.75) is 25.2 Å². The molecule has 5 rings (SSSR count). The fourth-order valence-electron chi connectivity index (χ4n) is 4.59. The first kappa shape index (κ1) is 19.9. The van der Waals surface area contributed by atoms with E-state index in [2.05, 4.69) is 9.97 Å². The Hall–Kier alpha value is -4.06. The molecule has 1 atom stereocenters. The molecule has 2 aromatic heterocycles. The number of pyridine rings is 2. The standard InChI is InChI=1S/C26H22N4O2/c27-26-24(25(32)17-7-2-1-3-8-17)22(18-9-5-13-28-15-18)23-20(11-4-12-21(23)31)30(26)19-10-6-14-29-16-19/h1-3,5-10,13-16,22,27,32H,4,11-12H2/t22-/m0/s1. The molecule has 32 heavy (non-hydrogen) atoms. The summed E-state index contributed by atoms with van der Waals surface area (Å²) >= 11 is 0. The van der Waals surface area contributed by atoms with Gasteiger partial charge in [0.25, 0.3) is 0 Å². The Morgan fingerprint density at radius 2 is 1.72 bits per heavy atom. The highest BCUT2D eigenvalue weighted by atomic mass is 16.3. The smallest absolute Gasteiger partial charge is 0.161 e. The number of allylic oxidation sites excluding steroid dienone is 2. The number of carbonyl (C=O) groups is 1. The lowest BCUT2D eigenvalue weighted by molar-refractivity contribution is -0.116. The van der Waals surface area contributed by atoms with Gasteiger partial charge in [0, 0.05) is 53.3 Å². The number of aromatic nitrogens is 2. The van der Waals surface area contributed by atoms with Crippen molar-refractivity contribution >= 4 is 23.1 Å². The summed E-state index contributed by atoms with van der Waals surface area (Å²) in [6.45, 7) is 0. The van der Waals surface area contributed by atoms with Crippen LogP contribution in [0.25, 0.3) is 5.76 Å². The summed E-state index contributed by atoms with van der Waals surface area (Å²) < 4.78 is 0. The minimum atomic E-state index is -0.563. The molecule has 0 spiro atoms. The number of rotatable bonds is 3. The summed E-state index contributed by atoms with van der Waals surface area (Å²) in [5, 5.41) is 20.6. The molecule has 0 saturated heterocycles. The number of ketones is 1. The van der Waals surface area contributed by atoms with Crippen molar-refractivity contribution in [3.63, 3.8) is 0 Å². The highest BCUT2D eigenvalue weighted by molar-refractivity contribution is 6.19. The Bertz CT molecular complexity index is 1230. The topological polar surface area (TPSA) is 90.2 Å². The van der Waals surface area contributed by atoms with Crippen LogP contribution in [0.3, 0.4) is 0 Å². The first-order chi connectivity index (χ1) is 15.7. The molecule has 1 aliphatic heterocycles. The number of aliphatic hydroxyl groups excluding tert-OH is 1. The Morgan fingerprint density at radius 3 is 2.41 bits per heavy atom. The summed E-state index contributed by atoms with van der Waals surface area (Å²) in [5.74, 6) is -0.392. The van der Waals surface area contributed by atoms with Gasteiger partial charge >= 0.3 is 0 Å². The van der Waals surface area contributed by atoms with Gasteiger partial charge in [-0.05, 0) is 36.6 Å². The third kappa shape index (κ3) is 3.30. The molecule has 6 nitrogen and oxygen atoms in total. The summed E-state index contributed by atoms with van der Waals surface area (Å²) in [4.78, 5) is 23.6. The molecule has 0 radical (unpaired) electrons. The molecule has 3 aromatic rings. The number of amidine groups is 1. The lowest BCUT2D eigenvalue weighted by atomic mass is 9.74. The molecule has 2 aliphatic rings. The van der Waals surface area contributed by atoms with Crippen LogP contribution in [-0.4, -0.2) is 26.7 Å². The van der Waals surface area contributed by atoms with Gasteiger partial charge in [-0.2, -0.15) is 0 Å². The maximum atomic E-state index is 13.3. The van der Waals surface area contributed by atoms with Crippen LogP contribution in [0.15, 0.2) is 96.2 Å². The van der Waals surface area contributed by atoms with Gasteiger partial charge < -0.3 is 5.11 Å². The van der Waals surface area contributed by atoms with Crippen molar-refractivity contribution in [1.29, 1.82) is 5.41 Å². The summed E-state index contributed by atoms with van der Waals surface area (Å²) in [5.41, 5.74) is 3.90. The Balaban J connectivity index is 1.83. The fraction of sp³-hybridized carbons (Fsp3) is 0.154.